The van der Waals surface area contributed by atoms with Gasteiger partial charge in [0.2, 0.25) is 0 Å². The number of pyridine rings is 1. The molecular weight excluding hydrogens is 478 g/mol. The second-order valence-corrected chi connectivity index (χ2v) is 11.3. The summed E-state index contributed by atoms with van der Waals surface area (Å²) in [5.41, 5.74) is 1.45. The smallest absolute Gasteiger partial charge is 0.407 e. The van der Waals surface area contributed by atoms with Crippen LogP contribution in [0.4, 0.5) is 4.79 Å². The molecule has 2 aromatic heterocycles. The van der Waals surface area contributed by atoms with Gasteiger partial charge in [-0.15, -0.1) is 11.3 Å². The molecule has 36 heavy (non-hydrogen) atoms. The van der Waals surface area contributed by atoms with Crippen molar-refractivity contribution < 1.29 is 19.0 Å². The standard InChI is InChI=1S/C27H35N3O5S/c1-27(2,3)35-26(32)28-18-9-11-30(12-10-18)15-19-14-20-24(36-19)21(16-29(4)25(20)31)17-7-8-22(33-5)23(13-17)34-6/h7-8,13-14,16,18H,9-12,15H2,1-6H3,(H,28,32). The predicted octanol–water partition coefficient (Wildman–Crippen LogP) is 4.77. The number of carbonyl (C=O) groups is 1. The monoisotopic (exact) mass is 513 g/mol. The topological polar surface area (TPSA) is 82.0 Å². The van der Waals surface area contributed by atoms with Crippen molar-refractivity contribution in [1.29, 1.82) is 0 Å². The molecule has 1 aliphatic heterocycles. The van der Waals surface area contributed by atoms with Gasteiger partial charge in [0.15, 0.2) is 11.5 Å². The molecule has 4 rings (SSSR count). The Labute approximate surface area is 215 Å². The maximum absolute atomic E-state index is 12.9. The zero-order valence-corrected chi connectivity index (χ0v) is 22.7. The summed E-state index contributed by atoms with van der Waals surface area (Å²) in [5, 5.41) is 3.72. The zero-order valence-electron chi connectivity index (χ0n) is 21.8. The number of methoxy groups -OCH3 is 2. The first-order chi connectivity index (χ1) is 17.1. The van der Waals surface area contributed by atoms with Crippen LogP contribution in [0.3, 0.4) is 0 Å². The van der Waals surface area contributed by atoms with Gasteiger partial charge in [-0.05, 0) is 57.4 Å². The van der Waals surface area contributed by atoms with Crippen LogP contribution in [0.15, 0.2) is 35.3 Å². The summed E-state index contributed by atoms with van der Waals surface area (Å²) >= 11 is 1.66. The van der Waals surface area contributed by atoms with Crippen LogP contribution in [0.2, 0.25) is 0 Å². The number of amides is 1. The summed E-state index contributed by atoms with van der Waals surface area (Å²) in [6.07, 6.45) is 3.26. The average molecular weight is 514 g/mol. The summed E-state index contributed by atoms with van der Waals surface area (Å²) < 4.78 is 18.9. The van der Waals surface area contributed by atoms with E-state index in [1.165, 1.54) is 0 Å². The number of hydrogen-bond donors (Lipinski definition) is 1. The van der Waals surface area contributed by atoms with Gasteiger partial charge in [0.25, 0.3) is 5.56 Å². The normalized spacial score (nSPS) is 15.2. The molecule has 9 heteroatoms. The lowest BCUT2D eigenvalue weighted by Gasteiger charge is -2.32. The lowest BCUT2D eigenvalue weighted by molar-refractivity contribution is 0.0477. The van der Waals surface area contributed by atoms with E-state index in [0.29, 0.717) is 11.5 Å². The number of thiophene rings is 1. The lowest BCUT2D eigenvalue weighted by Crippen LogP contribution is -2.45. The minimum Gasteiger partial charge on any atom is -0.493 e. The SMILES string of the molecule is COc1ccc(-c2cn(C)c(=O)c3cc(CN4CCC(NC(=O)OC(C)(C)C)CC4)sc23)cc1OC. The first kappa shape index (κ1) is 26.0. The van der Waals surface area contributed by atoms with Gasteiger partial charge in [0.1, 0.15) is 5.60 Å². The Morgan fingerprint density at radius 3 is 2.44 bits per heavy atom. The van der Waals surface area contributed by atoms with E-state index in [9.17, 15) is 9.59 Å². The molecule has 3 aromatic rings. The minimum atomic E-state index is -0.501. The molecule has 0 saturated carbocycles. The maximum Gasteiger partial charge on any atom is 0.407 e. The van der Waals surface area contributed by atoms with Crippen LogP contribution in [0.5, 0.6) is 11.5 Å². The highest BCUT2D eigenvalue weighted by molar-refractivity contribution is 7.19. The van der Waals surface area contributed by atoms with Gasteiger partial charge in [-0.2, -0.15) is 0 Å². The molecule has 0 atom stereocenters. The van der Waals surface area contributed by atoms with Crippen molar-refractivity contribution in [2.24, 2.45) is 7.05 Å². The third-order valence-corrected chi connectivity index (χ3v) is 7.44. The number of nitrogens with one attached hydrogen (secondary N) is 1. The van der Waals surface area contributed by atoms with Gasteiger partial charge >= 0.3 is 6.09 Å². The molecule has 1 aliphatic rings. The van der Waals surface area contributed by atoms with Crippen LogP contribution in [-0.2, 0) is 18.3 Å². The Balaban J connectivity index is 1.51. The summed E-state index contributed by atoms with van der Waals surface area (Å²) in [7, 11) is 5.02. The van der Waals surface area contributed by atoms with E-state index < -0.39 is 5.60 Å². The Morgan fingerprint density at radius 2 is 1.81 bits per heavy atom. The maximum atomic E-state index is 12.9. The van der Waals surface area contributed by atoms with Crippen LogP contribution in [0, 0.1) is 0 Å². The lowest BCUT2D eigenvalue weighted by atomic mass is 10.0. The largest absolute Gasteiger partial charge is 0.493 e. The molecule has 1 aromatic carbocycles. The number of hydrogen-bond acceptors (Lipinski definition) is 7. The zero-order chi connectivity index (χ0) is 26.0. The molecule has 194 valence electrons. The Kier molecular flexibility index (Phi) is 7.61. The number of benzene rings is 1. The fourth-order valence-electron chi connectivity index (χ4n) is 4.52. The Bertz CT molecular complexity index is 1300. The Morgan fingerprint density at radius 1 is 1.11 bits per heavy atom. The average Bonchev–Trinajstić information content (AvgIpc) is 3.25. The summed E-state index contributed by atoms with van der Waals surface area (Å²) in [5.74, 6) is 1.32. The van der Waals surface area contributed by atoms with Crippen molar-refractivity contribution in [3.63, 3.8) is 0 Å². The van der Waals surface area contributed by atoms with Crippen molar-refractivity contribution in [3.05, 3.63) is 45.7 Å². The third-order valence-electron chi connectivity index (χ3n) is 6.28. The third kappa shape index (κ3) is 5.84. The first-order valence-corrected chi connectivity index (χ1v) is 13.0. The molecule has 0 spiro atoms. The highest BCUT2D eigenvalue weighted by Gasteiger charge is 2.24. The molecule has 1 fully saturated rings. The molecule has 1 N–H and O–H groups in total. The van der Waals surface area contributed by atoms with Crippen LogP contribution in [-0.4, -0.2) is 54.5 Å². The van der Waals surface area contributed by atoms with E-state index >= 15 is 0 Å². The number of nitrogens with zero attached hydrogens (tertiary/aromatic N) is 2. The number of aromatic nitrogens is 1. The quantitative estimate of drug-likeness (QED) is 0.511. The van der Waals surface area contributed by atoms with E-state index in [4.69, 9.17) is 14.2 Å². The van der Waals surface area contributed by atoms with Crippen LogP contribution in [0.25, 0.3) is 21.2 Å². The predicted molar refractivity (Wildman–Crippen MR) is 143 cm³/mol. The van der Waals surface area contributed by atoms with Gasteiger partial charge in [0.05, 0.1) is 19.6 Å². The van der Waals surface area contributed by atoms with E-state index in [2.05, 4.69) is 10.2 Å². The molecule has 0 unspecified atom stereocenters. The van der Waals surface area contributed by atoms with Gasteiger partial charge in [-0.25, -0.2) is 4.79 Å². The Hall–Kier alpha value is -3.04. The number of alkyl carbamates (subject to hydrolysis) is 1. The number of piperidine rings is 1. The molecule has 0 bridgehead atoms. The second kappa shape index (κ2) is 10.5. The number of ether oxygens (including phenoxy) is 3. The summed E-state index contributed by atoms with van der Waals surface area (Å²) in [6, 6.07) is 7.96. The molecule has 0 radical (unpaired) electrons. The number of aryl methyl sites for hydroxylation is 1. The van der Waals surface area contributed by atoms with Crippen molar-refractivity contribution in [1.82, 2.24) is 14.8 Å². The minimum absolute atomic E-state index is 0.00278. The fourth-order valence-corrected chi connectivity index (χ4v) is 5.74. The number of carbonyl (C=O) groups excluding carboxylic acids is 1. The van der Waals surface area contributed by atoms with Gasteiger partial charge < -0.3 is 24.1 Å². The fraction of sp³-hybridized carbons (Fsp3) is 0.481. The van der Waals surface area contributed by atoms with E-state index in [0.717, 1.165) is 58.6 Å². The van der Waals surface area contributed by atoms with Crippen molar-refractivity contribution in [3.8, 4) is 22.6 Å². The molecule has 1 amide bonds. The van der Waals surface area contributed by atoms with Crippen molar-refractivity contribution >= 4 is 27.5 Å². The number of fused-ring (bicyclic) bond motifs is 1. The number of likely N-dealkylation sites (tertiary alicyclic amines) is 1. The highest BCUT2D eigenvalue weighted by atomic mass is 32.1. The van der Waals surface area contributed by atoms with Gasteiger partial charge in [-0.1, -0.05) is 6.07 Å². The number of rotatable bonds is 6. The molecule has 3 heterocycles. The highest BCUT2D eigenvalue weighted by Crippen LogP contribution is 2.38. The summed E-state index contributed by atoms with van der Waals surface area (Å²) in [6.45, 7) is 8.11. The second-order valence-electron chi connectivity index (χ2n) is 10.2. The molecule has 1 saturated heterocycles. The van der Waals surface area contributed by atoms with Crippen molar-refractivity contribution in [2.75, 3.05) is 27.3 Å². The van der Waals surface area contributed by atoms with E-state index in [-0.39, 0.29) is 17.7 Å². The van der Waals surface area contributed by atoms with Gasteiger partial charge in [-0.3, -0.25) is 9.69 Å². The first-order valence-electron chi connectivity index (χ1n) is 12.1. The molecule has 8 nitrogen and oxygen atoms in total. The van der Waals surface area contributed by atoms with Crippen molar-refractivity contribution in [2.45, 2.75) is 51.8 Å². The van der Waals surface area contributed by atoms with E-state index in [1.54, 1.807) is 37.2 Å². The van der Waals surface area contributed by atoms with Crippen LogP contribution in [0.1, 0.15) is 38.5 Å². The van der Waals surface area contributed by atoms with Crippen LogP contribution >= 0.6 is 11.3 Å². The van der Waals surface area contributed by atoms with E-state index in [1.807, 2.05) is 51.2 Å². The molecule has 0 aliphatic carbocycles. The van der Waals surface area contributed by atoms with Gasteiger partial charge in [0, 0.05) is 54.1 Å². The van der Waals surface area contributed by atoms with Crippen LogP contribution < -0.4 is 20.3 Å². The summed E-state index contributed by atoms with van der Waals surface area (Å²) in [4.78, 5) is 28.6. The molecular formula is C27H35N3O5S.